The van der Waals surface area contributed by atoms with Gasteiger partial charge in [0.25, 0.3) is 0 Å². The Kier molecular flexibility index (Phi) is 6.60. The van der Waals surface area contributed by atoms with E-state index in [-0.39, 0.29) is 43.4 Å². The molecule has 0 bridgehead atoms. The number of ether oxygens (including phenoxy) is 2. The van der Waals surface area contributed by atoms with Crippen molar-refractivity contribution in [1.29, 1.82) is 0 Å². The van der Waals surface area contributed by atoms with E-state index >= 15 is 0 Å². The number of hydrogen-bond acceptors (Lipinski definition) is 5. The van der Waals surface area contributed by atoms with E-state index in [1.165, 1.54) is 7.11 Å². The van der Waals surface area contributed by atoms with E-state index in [0.29, 0.717) is 6.42 Å². The van der Waals surface area contributed by atoms with Gasteiger partial charge in [0.05, 0.1) is 19.4 Å². The van der Waals surface area contributed by atoms with E-state index in [0.717, 1.165) is 12.0 Å². The first-order valence-corrected chi connectivity index (χ1v) is 7.92. The summed E-state index contributed by atoms with van der Waals surface area (Å²) in [5.74, 6) is -0.825. The monoisotopic (exact) mass is 334 g/mol. The van der Waals surface area contributed by atoms with Gasteiger partial charge in [0.2, 0.25) is 5.91 Å². The third-order valence-electron chi connectivity index (χ3n) is 3.98. The molecule has 7 nitrogen and oxygen atoms in total. The molecule has 0 spiro atoms. The molecule has 7 heteroatoms. The number of rotatable bonds is 7. The number of nitrogens with one attached hydrogen (secondary N) is 2. The zero-order valence-corrected chi connectivity index (χ0v) is 13.6. The normalized spacial score (nSPS) is 18.9. The minimum Gasteiger partial charge on any atom is -0.469 e. The first-order chi connectivity index (χ1) is 11.6. The summed E-state index contributed by atoms with van der Waals surface area (Å²) in [6.07, 6.45) is 1.03. The summed E-state index contributed by atoms with van der Waals surface area (Å²) < 4.78 is 9.65. The fraction of sp³-hybridized carbons (Fsp3) is 0.471. The van der Waals surface area contributed by atoms with Crippen molar-refractivity contribution < 1.29 is 23.9 Å². The van der Waals surface area contributed by atoms with Gasteiger partial charge in [-0.3, -0.25) is 9.59 Å². The summed E-state index contributed by atoms with van der Waals surface area (Å²) in [6.45, 7) is 0.419. The summed E-state index contributed by atoms with van der Waals surface area (Å²) in [5, 5.41) is 5.39. The van der Waals surface area contributed by atoms with Gasteiger partial charge in [-0.05, 0) is 18.4 Å². The molecule has 1 fully saturated rings. The number of hydrogen-bond donors (Lipinski definition) is 2. The Morgan fingerprint density at radius 1 is 1.17 bits per heavy atom. The molecule has 1 aliphatic carbocycles. The molecule has 2 atom stereocenters. The number of esters is 1. The molecule has 0 unspecified atom stereocenters. The van der Waals surface area contributed by atoms with E-state index in [1.807, 2.05) is 30.3 Å². The van der Waals surface area contributed by atoms with Gasteiger partial charge in [0.1, 0.15) is 6.61 Å². The van der Waals surface area contributed by atoms with Gasteiger partial charge in [-0.2, -0.15) is 0 Å². The Hall–Kier alpha value is -2.57. The molecule has 2 rings (SSSR count). The first-order valence-electron chi connectivity index (χ1n) is 7.92. The summed E-state index contributed by atoms with van der Waals surface area (Å²) >= 11 is 0. The van der Waals surface area contributed by atoms with Crippen molar-refractivity contribution in [3.05, 3.63) is 35.9 Å². The lowest BCUT2D eigenvalue weighted by molar-refractivity contribution is -0.140. The first kappa shape index (κ1) is 17.8. The van der Waals surface area contributed by atoms with Crippen LogP contribution in [0.15, 0.2) is 30.3 Å². The van der Waals surface area contributed by atoms with Crippen LogP contribution in [0.1, 0.15) is 24.8 Å². The smallest absolute Gasteiger partial charge is 0.407 e. The van der Waals surface area contributed by atoms with Gasteiger partial charge >= 0.3 is 12.1 Å². The molecule has 0 aromatic heterocycles. The number of amides is 2. The number of carbonyl (C=O) groups excluding carboxylic acids is 3. The van der Waals surface area contributed by atoms with Crippen molar-refractivity contribution in [2.24, 2.45) is 5.92 Å². The average molecular weight is 334 g/mol. The highest BCUT2D eigenvalue weighted by molar-refractivity contribution is 5.82. The summed E-state index contributed by atoms with van der Waals surface area (Å²) in [6, 6.07) is 9.14. The summed E-state index contributed by atoms with van der Waals surface area (Å²) in [4.78, 5) is 34.8. The number of carbonyl (C=O) groups is 3. The van der Waals surface area contributed by atoms with Crippen LogP contribution in [0.25, 0.3) is 0 Å². The number of methoxy groups -OCH3 is 1. The highest BCUT2D eigenvalue weighted by Crippen LogP contribution is 2.27. The SMILES string of the molecule is COC(=O)CCNC(=O)[C@H]1CC[C@H]1NC(=O)OCc1ccccc1. The molecule has 0 heterocycles. The van der Waals surface area contributed by atoms with Crippen molar-refractivity contribution in [3.63, 3.8) is 0 Å². The van der Waals surface area contributed by atoms with Crippen LogP contribution in [-0.4, -0.2) is 37.7 Å². The van der Waals surface area contributed by atoms with Crippen LogP contribution in [0.3, 0.4) is 0 Å². The Balaban J connectivity index is 1.68. The van der Waals surface area contributed by atoms with Crippen molar-refractivity contribution in [3.8, 4) is 0 Å². The highest BCUT2D eigenvalue weighted by atomic mass is 16.5. The quantitative estimate of drug-likeness (QED) is 0.735. The Bertz CT molecular complexity index is 576. The molecule has 0 radical (unpaired) electrons. The van der Waals surface area contributed by atoms with Crippen LogP contribution < -0.4 is 10.6 Å². The Morgan fingerprint density at radius 2 is 1.92 bits per heavy atom. The minimum atomic E-state index is -0.532. The third-order valence-corrected chi connectivity index (χ3v) is 3.98. The second-order valence-corrected chi connectivity index (χ2v) is 5.61. The Morgan fingerprint density at radius 3 is 2.54 bits per heavy atom. The zero-order chi connectivity index (χ0) is 17.4. The number of benzene rings is 1. The zero-order valence-electron chi connectivity index (χ0n) is 13.6. The topological polar surface area (TPSA) is 93.7 Å². The largest absolute Gasteiger partial charge is 0.469 e. The second-order valence-electron chi connectivity index (χ2n) is 5.61. The van der Waals surface area contributed by atoms with Crippen molar-refractivity contribution in [2.45, 2.75) is 31.9 Å². The van der Waals surface area contributed by atoms with E-state index in [1.54, 1.807) is 0 Å². The molecule has 2 amide bonds. The highest BCUT2D eigenvalue weighted by Gasteiger charge is 2.37. The summed E-state index contributed by atoms with van der Waals surface area (Å²) in [7, 11) is 1.30. The van der Waals surface area contributed by atoms with Gasteiger partial charge < -0.3 is 20.1 Å². The van der Waals surface area contributed by atoms with Gasteiger partial charge in [0.15, 0.2) is 0 Å². The van der Waals surface area contributed by atoms with Crippen LogP contribution in [0.5, 0.6) is 0 Å². The minimum absolute atomic E-state index is 0.131. The lowest BCUT2D eigenvalue weighted by Gasteiger charge is -2.35. The maximum atomic E-state index is 12.0. The van der Waals surface area contributed by atoms with Crippen molar-refractivity contribution in [2.75, 3.05) is 13.7 Å². The molecule has 1 aliphatic rings. The van der Waals surface area contributed by atoms with Crippen LogP contribution in [0, 0.1) is 5.92 Å². The maximum Gasteiger partial charge on any atom is 0.407 e. The standard InChI is InChI=1S/C17H22N2O5/c1-23-15(20)9-10-18-16(21)13-7-8-14(13)19-17(22)24-11-12-5-3-2-4-6-12/h2-6,13-14H,7-11H2,1H3,(H,18,21)(H,19,22)/t13-,14+/m0/s1. The van der Waals surface area contributed by atoms with E-state index in [2.05, 4.69) is 15.4 Å². The van der Waals surface area contributed by atoms with E-state index in [4.69, 9.17) is 4.74 Å². The van der Waals surface area contributed by atoms with Crippen LogP contribution in [0.2, 0.25) is 0 Å². The van der Waals surface area contributed by atoms with E-state index in [9.17, 15) is 14.4 Å². The van der Waals surface area contributed by atoms with Gasteiger partial charge in [-0.1, -0.05) is 30.3 Å². The van der Waals surface area contributed by atoms with Crippen LogP contribution >= 0.6 is 0 Å². The molecule has 1 saturated carbocycles. The van der Waals surface area contributed by atoms with Crippen LogP contribution in [-0.2, 0) is 25.7 Å². The molecular formula is C17H22N2O5. The molecule has 0 aliphatic heterocycles. The molecule has 2 N–H and O–H groups in total. The lowest BCUT2D eigenvalue weighted by atomic mass is 9.79. The Labute approximate surface area is 140 Å². The van der Waals surface area contributed by atoms with Crippen molar-refractivity contribution >= 4 is 18.0 Å². The van der Waals surface area contributed by atoms with Crippen molar-refractivity contribution in [1.82, 2.24) is 10.6 Å². The fourth-order valence-electron chi connectivity index (χ4n) is 2.42. The molecule has 24 heavy (non-hydrogen) atoms. The van der Waals surface area contributed by atoms with Gasteiger partial charge in [-0.25, -0.2) is 4.79 Å². The molecule has 0 saturated heterocycles. The summed E-state index contributed by atoms with van der Waals surface area (Å²) in [5.41, 5.74) is 0.901. The molecular weight excluding hydrogens is 312 g/mol. The predicted octanol–water partition coefficient (Wildman–Crippen LogP) is 1.37. The molecule has 1 aromatic rings. The fourth-order valence-corrected chi connectivity index (χ4v) is 2.42. The second kappa shape index (κ2) is 8.90. The van der Waals surface area contributed by atoms with E-state index < -0.39 is 6.09 Å². The average Bonchev–Trinajstić information content (AvgIpc) is 2.57. The van der Waals surface area contributed by atoms with Gasteiger partial charge in [0, 0.05) is 12.6 Å². The maximum absolute atomic E-state index is 12.0. The number of alkyl carbamates (subject to hydrolysis) is 1. The van der Waals surface area contributed by atoms with Crippen LogP contribution in [0.4, 0.5) is 4.79 Å². The lowest BCUT2D eigenvalue weighted by Crippen LogP contribution is -2.53. The van der Waals surface area contributed by atoms with Gasteiger partial charge in [-0.15, -0.1) is 0 Å². The predicted molar refractivity (Wildman–Crippen MR) is 85.9 cm³/mol. The molecule has 1 aromatic carbocycles. The third kappa shape index (κ3) is 5.26. The molecule has 130 valence electrons.